The van der Waals surface area contributed by atoms with Gasteiger partial charge in [-0.25, -0.2) is 9.48 Å². The van der Waals surface area contributed by atoms with E-state index in [2.05, 4.69) is 20.1 Å². The van der Waals surface area contributed by atoms with Crippen LogP contribution in [0.2, 0.25) is 10.0 Å². The first-order valence-corrected chi connectivity index (χ1v) is 12.5. The van der Waals surface area contributed by atoms with Crippen LogP contribution >= 0.6 is 23.2 Å². The molecule has 1 saturated heterocycles. The molecule has 2 aromatic carbocycles. The molecule has 5 rings (SSSR count). The maximum atomic E-state index is 13.2. The Morgan fingerprint density at radius 2 is 1.68 bits per heavy atom. The van der Waals surface area contributed by atoms with Crippen molar-refractivity contribution in [2.45, 2.75) is 38.2 Å². The highest BCUT2D eigenvalue weighted by atomic mass is 35.5. The molecule has 0 unspecified atom stereocenters. The molecule has 1 N–H and O–H groups in total. The van der Waals surface area contributed by atoms with E-state index >= 15 is 0 Å². The van der Waals surface area contributed by atoms with Gasteiger partial charge in [0.2, 0.25) is 5.95 Å². The molecule has 0 bridgehead atoms. The second kappa shape index (κ2) is 10.4. The van der Waals surface area contributed by atoms with Crippen molar-refractivity contribution in [2.75, 3.05) is 18.0 Å². The van der Waals surface area contributed by atoms with E-state index in [4.69, 9.17) is 23.2 Å². The SMILES string of the molecule is O=c1n(Cc2nc(N3CCCC3)n(-c3ccccc3Cl)n2)nc(-c2ccc(Cl)cc2)n1C[C@H](O)C(F)(F)F. The van der Waals surface area contributed by atoms with Crippen LogP contribution in [0.4, 0.5) is 19.1 Å². The van der Waals surface area contributed by atoms with Gasteiger partial charge >= 0.3 is 11.9 Å². The van der Waals surface area contributed by atoms with Gasteiger partial charge in [-0.2, -0.15) is 22.8 Å². The van der Waals surface area contributed by atoms with Gasteiger partial charge in [-0.3, -0.25) is 4.57 Å². The number of aliphatic hydroxyl groups excluding tert-OH is 1. The van der Waals surface area contributed by atoms with Crippen molar-refractivity contribution in [1.82, 2.24) is 29.1 Å². The molecule has 1 aliphatic heterocycles. The summed E-state index contributed by atoms with van der Waals surface area (Å²) in [4.78, 5) is 19.9. The maximum Gasteiger partial charge on any atom is 0.416 e. The fourth-order valence-corrected chi connectivity index (χ4v) is 4.59. The minimum Gasteiger partial charge on any atom is -0.382 e. The number of alkyl halides is 3. The van der Waals surface area contributed by atoms with E-state index in [0.717, 1.165) is 35.2 Å². The van der Waals surface area contributed by atoms with Crippen molar-refractivity contribution in [3.05, 3.63) is 74.9 Å². The van der Waals surface area contributed by atoms with Crippen LogP contribution in [0.1, 0.15) is 18.7 Å². The highest BCUT2D eigenvalue weighted by Crippen LogP contribution is 2.27. The van der Waals surface area contributed by atoms with Crippen molar-refractivity contribution in [1.29, 1.82) is 0 Å². The molecule has 0 radical (unpaired) electrons. The molecule has 0 spiro atoms. The van der Waals surface area contributed by atoms with Gasteiger partial charge in [-0.1, -0.05) is 35.3 Å². The minimum atomic E-state index is -4.92. The van der Waals surface area contributed by atoms with Gasteiger partial charge in [0, 0.05) is 23.7 Å². The van der Waals surface area contributed by atoms with Gasteiger partial charge in [0.1, 0.15) is 6.54 Å². The first-order valence-electron chi connectivity index (χ1n) is 11.8. The Balaban J connectivity index is 1.56. The van der Waals surface area contributed by atoms with Crippen LogP contribution in [0.5, 0.6) is 0 Å². The normalized spacial score (nSPS) is 14.8. The van der Waals surface area contributed by atoms with E-state index in [1.165, 1.54) is 24.3 Å². The van der Waals surface area contributed by atoms with Crippen LogP contribution in [0.25, 0.3) is 17.1 Å². The van der Waals surface area contributed by atoms with Crippen LogP contribution in [0, 0.1) is 0 Å². The summed E-state index contributed by atoms with van der Waals surface area (Å²) in [5.74, 6) is 0.710. The Morgan fingerprint density at radius 1 is 1.00 bits per heavy atom. The molecule has 14 heteroatoms. The molecule has 0 aliphatic carbocycles. The molecule has 0 amide bonds. The predicted molar refractivity (Wildman–Crippen MR) is 136 cm³/mol. The van der Waals surface area contributed by atoms with Crippen LogP contribution < -0.4 is 10.6 Å². The standard InChI is InChI=1S/C24H22Cl2F3N7O2/c25-16-9-7-15(8-10-16)21-32-35(23(38)34(21)13-19(37)24(27,28)29)14-20-30-22(33-11-3-4-12-33)36(31-20)18-6-2-1-5-17(18)26/h1-2,5-10,19,37H,3-4,11-14H2/t19-/m0/s1. The predicted octanol–water partition coefficient (Wildman–Crippen LogP) is 4.17. The summed E-state index contributed by atoms with van der Waals surface area (Å²) in [6.45, 7) is 0.300. The lowest BCUT2D eigenvalue weighted by Crippen LogP contribution is -2.37. The second-order valence-corrected chi connectivity index (χ2v) is 9.67. The number of halogens is 5. The number of rotatable bonds is 7. The van der Waals surface area contributed by atoms with Crippen molar-refractivity contribution < 1.29 is 18.3 Å². The number of hydrogen-bond donors (Lipinski definition) is 1. The average Bonchev–Trinajstić information content (AvgIpc) is 3.61. The van der Waals surface area contributed by atoms with E-state index in [1.54, 1.807) is 22.9 Å². The fraction of sp³-hybridized carbons (Fsp3) is 0.333. The zero-order valence-corrected chi connectivity index (χ0v) is 21.3. The molecule has 2 aromatic heterocycles. The first kappa shape index (κ1) is 26.3. The number of nitrogens with zero attached hydrogens (tertiary/aromatic N) is 7. The molecule has 1 aliphatic rings. The number of para-hydroxylation sites is 1. The summed E-state index contributed by atoms with van der Waals surface area (Å²) < 4.78 is 42.8. The third kappa shape index (κ3) is 5.29. The summed E-state index contributed by atoms with van der Waals surface area (Å²) >= 11 is 12.4. The number of benzene rings is 2. The van der Waals surface area contributed by atoms with Gasteiger partial charge in [-0.05, 0) is 49.2 Å². The van der Waals surface area contributed by atoms with Gasteiger partial charge in [0.15, 0.2) is 17.8 Å². The quantitative estimate of drug-likeness (QED) is 0.360. The van der Waals surface area contributed by atoms with E-state index in [1.807, 2.05) is 6.07 Å². The molecule has 9 nitrogen and oxygen atoms in total. The van der Waals surface area contributed by atoms with E-state index in [-0.39, 0.29) is 18.2 Å². The van der Waals surface area contributed by atoms with E-state index in [0.29, 0.717) is 27.2 Å². The molecule has 38 heavy (non-hydrogen) atoms. The third-order valence-electron chi connectivity index (χ3n) is 6.15. The summed E-state index contributed by atoms with van der Waals surface area (Å²) in [7, 11) is 0. The lowest BCUT2D eigenvalue weighted by Gasteiger charge is -2.17. The summed E-state index contributed by atoms with van der Waals surface area (Å²) in [5.41, 5.74) is 0.102. The molecular weight excluding hydrogens is 546 g/mol. The van der Waals surface area contributed by atoms with Crippen LogP contribution in [-0.2, 0) is 13.1 Å². The molecule has 1 atom stereocenters. The Kier molecular flexibility index (Phi) is 7.21. The number of aliphatic hydroxyl groups is 1. The van der Waals surface area contributed by atoms with Crippen LogP contribution in [-0.4, -0.2) is 59.6 Å². The molecule has 4 aromatic rings. The number of hydrogen-bond acceptors (Lipinski definition) is 6. The summed E-state index contributed by atoms with van der Waals surface area (Å²) in [5, 5.41) is 19.4. The molecule has 3 heterocycles. The minimum absolute atomic E-state index is 0.0553. The Bertz CT molecular complexity index is 1490. The lowest BCUT2D eigenvalue weighted by molar-refractivity contribution is -0.207. The smallest absolute Gasteiger partial charge is 0.382 e. The molecule has 0 saturated carbocycles. The van der Waals surface area contributed by atoms with Crippen LogP contribution in [0.3, 0.4) is 0 Å². The lowest BCUT2D eigenvalue weighted by atomic mass is 10.2. The Hall–Kier alpha value is -3.35. The van der Waals surface area contributed by atoms with Gasteiger partial charge in [-0.15, -0.1) is 10.2 Å². The molecule has 1 fully saturated rings. The van der Waals surface area contributed by atoms with Crippen LogP contribution in [0.15, 0.2) is 53.3 Å². The second-order valence-electron chi connectivity index (χ2n) is 8.82. The summed E-state index contributed by atoms with van der Waals surface area (Å²) in [6.07, 6.45) is -5.71. The van der Waals surface area contributed by atoms with E-state index < -0.39 is 24.5 Å². The molecular formula is C24H22Cl2F3N7O2. The average molecular weight is 568 g/mol. The monoisotopic (exact) mass is 567 g/mol. The van der Waals surface area contributed by atoms with Gasteiger partial charge < -0.3 is 10.0 Å². The van der Waals surface area contributed by atoms with Crippen molar-refractivity contribution in [3.63, 3.8) is 0 Å². The highest BCUT2D eigenvalue weighted by Gasteiger charge is 2.39. The first-order chi connectivity index (χ1) is 18.1. The zero-order valence-electron chi connectivity index (χ0n) is 19.8. The van der Waals surface area contributed by atoms with Gasteiger partial charge in [0.25, 0.3) is 0 Å². The third-order valence-corrected chi connectivity index (χ3v) is 6.72. The Labute approximate surface area is 224 Å². The topological polar surface area (TPSA) is 94.0 Å². The van der Waals surface area contributed by atoms with E-state index in [9.17, 15) is 23.1 Å². The van der Waals surface area contributed by atoms with Crippen molar-refractivity contribution in [2.24, 2.45) is 0 Å². The number of anilines is 1. The number of aromatic nitrogens is 6. The largest absolute Gasteiger partial charge is 0.416 e. The Morgan fingerprint density at radius 3 is 2.34 bits per heavy atom. The molecule has 200 valence electrons. The maximum absolute atomic E-state index is 13.2. The summed E-state index contributed by atoms with van der Waals surface area (Å²) in [6, 6.07) is 13.2. The zero-order chi connectivity index (χ0) is 27.0. The van der Waals surface area contributed by atoms with Crippen molar-refractivity contribution >= 4 is 29.2 Å². The van der Waals surface area contributed by atoms with Crippen molar-refractivity contribution in [3.8, 4) is 17.1 Å². The fourth-order valence-electron chi connectivity index (χ4n) is 4.25. The van der Waals surface area contributed by atoms with Gasteiger partial charge in [0.05, 0.1) is 17.3 Å². The highest BCUT2D eigenvalue weighted by molar-refractivity contribution is 6.32.